The number of nitrogens with one attached hydrogen (secondary N) is 2. The molecule has 2 aliphatic heterocycles. The van der Waals surface area contributed by atoms with E-state index in [4.69, 9.17) is 9.73 Å². The number of likely N-dealkylation sites (tertiary alicyclic amines) is 2. The van der Waals surface area contributed by atoms with Crippen molar-refractivity contribution in [3.05, 3.63) is 35.9 Å². The molecule has 0 bridgehead atoms. The van der Waals surface area contributed by atoms with E-state index in [1.165, 1.54) is 50.9 Å². The Bertz CT molecular complexity index is 615. The van der Waals surface area contributed by atoms with Gasteiger partial charge < -0.3 is 20.3 Å². The zero-order chi connectivity index (χ0) is 21.0. The summed E-state index contributed by atoms with van der Waals surface area (Å²) in [6.45, 7) is 11.4. The number of guanidine groups is 1. The maximum Gasteiger partial charge on any atom is 0.191 e. The summed E-state index contributed by atoms with van der Waals surface area (Å²) in [5.41, 5.74) is 1.40. The number of piperidine rings is 1. The Morgan fingerprint density at radius 2 is 1.90 bits per heavy atom. The number of ether oxygens (including phenoxy) is 1. The Kier molecular flexibility index (Phi) is 9.93. The monoisotopic (exact) mass is 415 g/mol. The quantitative estimate of drug-likeness (QED) is 0.454. The first-order chi connectivity index (χ1) is 14.8. The molecule has 1 unspecified atom stereocenters. The molecule has 1 atom stereocenters. The minimum atomic E-state index is 0.582. The van der Waals surface area contributed by atoms with Gasteiger partial charge in [0.2, 0.25) is 0 Å². The molecule has 0 saturated carbocycles. The van der Waals surface area contributed by atoms with Crippen LogP contribution < -0.4 is 10.6 Å². The molecule has 168 valence electrons. The second-order valence-corrected chi connectivity index (χ2v) is 8.63. The highest BCUT2D eigenvalue weighted by atomic mass is 16.5. The Morgan fingerprint density at radius 1 is 1.10 bits per heavy atom. The summed E-state index contributed by atoms with van der Waals surface area (Å²) in [6, 6.07) is 11.4. The number of hydrogen-bond acceptors (Lipinski definition) is 4. The molecular weight excluding hydrogens is 374 g/mol. The molecule has 2 heterocycles. The molecule has 30 heavy (non-hydrogen) atoms. The SMILES string of the molecule is CCNC(=NCC1CCN(CCOC)CC1)NCC1CCCN1Cc1ccccc1. The van der Waals surface area contributed by atoms with Gasteiger partial charge in [-0.2, -0.15) is 0 Å². The summed E-state index contributed by atoms with van der Waals surface area (Å²) in [5.74, 6) is 1.67. The van der Waals surface area contributed by atoms with E-state index in [0.29, 0.717) is 12.0 Å². The minimum absolute atomic E-state index is 0.582. The lowest BCUT2D eigenvalue weighted by Crippen LogP contribution is -2.45. The molecule has 0 radical (unpaired) electrons. The van der Waals surface area contributed by atoms with Crippen molar-refractivity contribution in [2.45, 2.75) is 45.2 Å². The zero-order valence-corrected chi connectivity index (χ0v) is 19.0. The van der Waals surface area contributed by atoms with E-state index >= 15 is 0 Å². The van der Waals surface area contributed by atoms with Crippen LogP contribution in [0.15, 0.2) is 35.3 Å². The number of rotatable bonds is 10. The second kappa shape index (κ2) is 12.9. The number of benzene rings is 1. The van der Waals surface area contributed by atoms with Gasteiger partial charge in [-0.1, -0.05) is 30.3 Å². The molecule has 6 nitrogen and oxygen atoms in total. The summed E-state index contributed by atoms with van der Waals surface area (Å²) in [5, 5.41) is 7.07. The molecule has 2 aliphatic rings. The largest absolute Gasteiger partial charge is 0.383 e. The van der Waals surface area contributed by atoms with Gasteiger partial charge in [0.1, 0.15) is 0 Å². The lowest BCUT2D eigenvalue weighted by Gasteiger charge is -2.31. The lowest BCUT2D eigenvalue weighted by molar-refractivity contribution is 0.121. The van der Waals surface area contributed by atoms with Gasteiger partial charge in [0.25, 0.3) is 0 Å². The number of methoxy groups -OCH3 is 1. The van der Waals surface area contributed by atoms with Crippen LogP contribution in [0.1, 0.15) is 38.2 Å². The molecular formula is C24H41N5O. The molecule has 2 N–H and O–H groups in total. The normalized spacial score (nSPS) is 21.8. The third-order valence-corrected chi connectivity index (χ3v) is 6.40. The van der Waals surface area contributed by atoms with E-state index in [2.05, 4.69) is 57.7 Å². The van der Waals surface area contributed by atoms with Crippen molar-refractivity contribution < 1.29 is 4.74 Å². The first kappa shape index (κ1) is 23.0. The number of hydrogen-bond donors (Lipinski definition) is 2. The van der Waals surface area contributed by atoms with Gasteiger partial charge in [0, 0.05) is 45.9 Å². The van der Waals surface area contributed by atoms with E-state index in [9.17, 15) is 0 Å². The molecule has 1 aromatic carbocycles. The second-order valence-electron chi connectivity index (χ2n) is 8.63. The van der Waals surface area contributed by atoms with Gasteiger partial charge in [0.15, 0.2) is 5.96 Å². The predicted octanol–water partition coefficient (Wildman–Crippen LogP) is 2.56. The zero-order valence-electron chi connectivity index (χ0n) is 19.0. The minimum Gasteiger partial charge on any atom is -0.383 e. The standard InChI is InChI=1S/C24H41N5O/c1-3-25-24(26-18-21-11-14-28(15-12-21)16-17-30-2)27-19-23-10-7-13-29(23)20-22-8-5-4-6-9-22/h4-6,8-9,21,23H,3,7,10-20H2,1-2H3,(H2,25,26,27). The molecule has 0 amide bonds. The fourth-order valence-corrected chi connectivity index (χ4v) is 4.54. The Morgan fingerprint density at radius 3 is 2.63 bits per heavy atom. The number of nitrogens with zero attached hydrogens (tertiary/aromatic N) is 3. The maximum absolute atomic E-state index is 5.20. The van der Waals surface area contributed by atoms with Crippen molar-refractivity contribution >= 4 is 5.96 Å². The predicted molar refractivity (Wildman–Crippen MR) is 125 cm³/mol. The van der Waals surface area contributed by atoms with Gasteiger partial charge in [0.05, 0.1) is 6.61 Å². The first-order valence-corrected chi connectivity index (χ1v) is 11.8. The highest BCUT2D eigenvalue weighted by molar-refractivity contribution is 5.79. The van der Waals surface area contributed by atoms with Gasteiger partial charge in [-0.15, -0.1) is 0 Å². The number of aliphatic imine (C=N–C) groups is 1. The van der Waals surface area contributed by atoms with Crippen molar-refractivity contribution in [1.82, 2.24) is 20.4 Å². The summed E-state index contributed by atoms with van der Waals surface area (Å²) in [7, 11) is 1.78. The van der Waals surface area contributed by atoms with Crippen molar-refractivity contribution in [1.29, 1.82) is 0 Å². The molecule has 2 saturated heterocycles. The van der Waals surface area contributed by atoms with Gasteiger partial charge in [-0.05, 0) is 63.7 Å². The van der Waals surface area contributed by atoms with Crippen LogP contribution in [-0.2, 0) is 11.3 Å². The highest BCUT2D eigenvalue weighted by Crippen LogP contribution is 2.20. The molecule has 0 spiro atoms. The van der Waals surface area contributed by atoms with Crippen LogP contribution >= 0.6 is 0 Å². The lowest BCUT2D eigenvalue weighted by atomic mass is 9.97. The van der Waals surface area contributed by atoms with Crippen molar-refractivity contribution in [2.24, 2.45) is 10.9 Å². The Labute approximate surface area is 183 Å². The Balaban J connectivity index is 1.43. The van der Waals surface area contributed by atoms with Crippen LogP contribution in [0.3, 0.4) is 0 Å². The third-order valence-electron chi connectivity index (χ3n) is 6.40. The van der Waals surface area contributed by atoms with Crippen molar-refractivity contribution in [3.63, 3.8) is 0 Å². The molecule has 2 fully saturated rings. The smallest absolute Gasteiger partial charge is 0.191 e. The van der Waals surface area contributed by atoms with Gasteiger partial charge in [-0.3, -0.25) is 9.89 Å². The molecule has 1 aromatic rings. The van der Waals surface area contributed by atoms with Gasteiger partial charge >= 0.3 is 0 Å². The third kappa shape index (κ3) is 7.56. The van der Waals surface area contributed by atoms with E-state index in [0.717, 1.165) is 45.3 Å². The average molecular weight is 416 g/mol. The fraction of sp³-hybridized carbons (Fsp3) is 0.708. The summed E-state index contributed by atoms with van der Waals surface area (Å²) < 4.78 is 5.20. The summed E-state index contributed by atoms with van der Waals surface area (Å²) in [4.78, 5) is 10.0. The highest BCUT2D eigenvalue weighted by Gasteiger charge is 2.24. The van der Waals surface area contributed by atoms with Crippen LogP contribution in [-0.4, -0.2) is 81.3 Å². The van der Waals surface area contributed by atoms with Crippen molar-refractivity contribution in [2.75, 3.05) is 59.5 Å². The molecule has 6 heteroatoms. The first-order valence-electron chi connectivity index (χ1n) is 11.8. The van der Waals surface area contributed by atoms with Crippen LogP contribution in [0.25, 0.3) is 0 Å². The maximum atomic E-state index is 5.20. The summed E-state index contributed by atoms with van der Waals surface area (Å²) >= 11 is 0. The average Bonchev–Trinajstić information content (AvgIpc) is 3.22. The molecule has 0 aliphatic carbocycles. The summed E-state index contributed by atoms with van der Waals surface area (Å²) in [6.07, 6.45) is 5.02. The molecule has 0 aromatic heterocycles. The van der Waals surface area contributed by atoms with E-state index in [1.54, 1.807) is 7.11 Å². The van der Waals surface area contributed by atoms with E-state index in [-0.39, 0.29) is 0 Å². The van der Waals surface area contributed by atoms with Crippen LogP contribution in [0.2, 0.25) is 0 Å². The molecule has 3 rings (SSSR count). The van der Waals surface area contributed by atoms with Crippen LogP contribution in [0, 0.1) is 5.92 Å². The van der Waals surface area contributed by atoms with E-state index < -0.39 is 0 Å². The topological polar surface area (TPSA) is 52.1 Å². The van der Waals surface area contributed by atoms with E-state index in [1.807, 2.05) is 0 Å². The Hall–Kier alpha value is -1.63. The van der Waals surface area contributed by atoms with Crippen molar-refractivity contribution in [3.8, 4) is 0 Å². The van der Waals surface area contributed by atoms with Crippen LogP contribution in [0.5, 0.6) is 0 Å². The van der Waals surface area contributed by atoms with Gasteiger partial charge in [-0.25, -0.2) is 0 Å². The fourth-order valence-electron chi connectivity index (χ4n) is 4.54. The van der Waals surface area contributed by atoms with Crippen LogP contribution in [0.4, 0.5) is 0 Å².